The largest absolute Gasteiger partial charge is 0.413 e. The number of halogens is 5. The van der Waals surface area contributed by atoms with Crippen LogP contribution in [0, 0.1) is 11.6 Å². The summed E-state index contributed by atoms with van der Waals surface area (Å²) in [4.78, 5) is 18.8. The van der Waals surface area contributed by atoms with Crippen LogP contribution in [0.25, 0.3) is 0 Å². The number of hydrogen-bond acceptors (Lipinski definition) is 3. The minimum Gasteiger partial charge on any atom is -0.335 e. The predicted molar refractivity (Wildman–Crippen MR) is 64.7 cm³/mol. The number of aromatic nitrogens is 2. The van der Waals surface area contributed by atoms with Crippen LogP contribution in [0.1, 0.15) is 22.1 Å². The molecule has 0 fully saturated rings. The Kier molecular flexibility index (Phi) is 4.34. The third-order valence-electron chi connectivity index (χ3n) is 2.69. The van der Waals surface area contributed by atoms with Crippen molar-refractivity contribution in [2.24, 2.45) is 0 Å². The van der Waals surface area contributed by atoms with Crippen molar-refractivity contribution in [3.05, 3.63) is 59.7 Å². The summed E-state index contributed by atoms with van der Waals surface area (Å²) in [6, 6.07) is -0.577. The second-order valence-electron chi connectivity index (χ2n) is 4.17. The third kappa shape index (κ3) is 3.35. The zero-order valence-corrected chi connectivity index (χ0v) is 10.7. The lowest BCUT2D eigenvalue weighted by atomic mass is 10.0. The molecule has 1 aromatic heterocycles. The molecule has 0 saturated carbocycles. The average Bonchev–Trinajstić information content (AvgIpc) is 2.45. The number of hydrogen-bond donors (Lipinski definition) is 1. The van der Waals surface area contributed by atoms with Gasteiger partial charge in [-0.2, -0.15) is 13.2 Å². The fourth-order valence-electron chi connectivity index (χ4n) is 1.73. The van der Waals surface area contributed by atoms with E-state index in [0.717, 1.165) is 18.5 Å². The maximum atomic E-state index is 13.6. The Hall–Kier alpha value is -2.58. The van der Waals surface area contributed by atoms with Gasteiger partial charge in [0.15, 0.2) is 6.04 Å². The van der Waals surface area contributed by atoms with Crippen LogP contribution in [0.15, 0.2) is 36.8 Å². The Bertz CT molecular complexity index is 655. The molecule has 9 heteroatoms. The van der Waals surface area contributed by atoms with E-state index >= 15 is 0 Å². The molecule has 0 radical (unpaired) electrons. The Labute approximate surface area is 121 Å². The molecule has 0 aliphatic rings. The first kappa shape index (κ1) is 15.8. The number of carbonyl (C=O) groups excluding carboxylic acids is 1. The van der Waals surface area contributed by atoms with Gasteiger partial charge in [-0.15, -0.1) is 0 Å². The molecule has 1 amide bonds. The summed E-state index contributed by atoms with van der Waals surface area (Å²) in [6.45, 7) is 0. The van der Waals surface area contributed by atoms with E-state index < -0.39 is 41.0 Å². The van der Waals surface area contributed by atoms with Gasteiger partial charge < -0.3 is 5.32 Å². The van der Waals surface area contributed by atoms with Crippen LogP contribution in [-0.4, -0.2) is 22.1 Å². The van der Waals surface area contributed by atoms with Crippen molar-refractivity contribution in [2.75, 3.05) is 0 Å². The van der Waals surface area contributed by atoms with Gasteiger partial charge in [-0.05, 0) is 12.1 Å². The maximum absolute atomic E-state index is 13.6. The van der Waals surface area contributed by atoms with E-state index in [1.54, 1.807) is 0 Å². The Morgan fingerprint density at radius 3 is 2.27 bits per heavy atom. The van der Waals surface area contributed by atoms with Crippen LogP contribution in [0.4, 0.5) is 22.0 Å². The van der Waals surface area contributed by atoms with Crippen LogP contribution in [0.5, 0.6) is 0 Å². The van der Waals surface area contributed by atoms with E-state index in [2.05, 4.69) is 9.97 Å². The lowest BCUT2D eigenvalue weighted by Crippen LogP contribution is -2.39. The molecule has 22 heavy (non-hydrogen) atoms. The molecule has 4 nitrogen and oxygen atoms in total. The van der Waals surface area contributed by atoms with Gasteiger partial charge in [-0.25, -0.2) is 13.8 Å². The van der Waals surface area contributed by atoms with Gasteiger partial charge in [0.25, 0.3) is 5.91 Å². The zero-order valence-electron chi connectivity index (χ0n) is 10.7. The van der Waals surface area contributed by atoms with Crippen molar-refractivity contribution in [3.63, 3.8) is 0 Å². The van der Waals surface area contributed by atoms with Gasteiger partial charge in [-0.3, -0.25) is 9.78 Å². The van der Waals surface area contributed by atoms with E-state index in [9.17, 15) is 26.7 Å². The summed E-state index contributed by atoms with van der Waals surface area (Å²) in [6.07, 6.45) is -1.85. The molecular formula is C13H8F5N3O. The molecule has 0 unspecified atom stereocenters. The van der Waals surface area contributed by atoms with Crippen molar-refractivity contribution >= 4 is 5.91 Å². The molecule has 116 valence electrons. The first-order valence-electron chi connectivity index (χ1n) is 5.88. The third-order valence-corrected chi connectivity index (χ3v) is 2.69. The van der Waals surface area contributed by atoms with Crippen molar-refractivity contribution in [3.8, 4) is 0 Å². The average molecular weight is 317 g/mol. The van der Waals surface area contributed by atoms with E-state index in [-0.39, 0.29) is 0 Å². The van der Waals surface area contributed by atoms with Gasteiger partial charge >= 0.3 is 6.18 Å². The molecular weight excluding hydrogens is 309 g/mol. The molecule has 0 aliphatic carbocycles. The maximum Gasteiger partial charge on any atom is 0.413 e. The van der Waals surface area contributed by atoms with Crippen LogP contribution >= 0.6 is 0 Å². The molecule has 1 atom stereocenters. The Morgan fingerprint density at radius 2 is 1.77 bits per heavy atom. The summed E-state index contributed by atoms with van der Waals surface area (Å²) in [5, 5.41) is 1.52. The highest BCUT2D eigenvalue weighted by molar-refractivity contribution is 5.92. The smallest absolute Gasteiger partial charge is 0.335 e. The topological polar surface area (TPSA) is 54.9 Å². The van der Waals surface area contributed by atoms with Crippen LogP contribution in [0.2, 0.25) is 0 Å². The molecule has 0 aliphatic heterocycles. The molecule has 1 N–H and O–H groups in total. The molecule has 1 aromatic carbocycles. The second-order valence-corrected chi connectivity index (χ2v) is 4.17. The lowest BCUT2D eigenvalue weighted by Gasteiger charge is -2.22. The van der Waals surface area contributed by atoms with Crippen LogP contribution in [-0.2, 0) is 0 Å². The van der Waals surface area contributed by atoms with Crippen molar-refractivity contribution in [1.29, 1.82) is 0 Å². The normalized spacial score (nSPS) is 12.8. The first-order valence-corrected chi connectivity index (χ1v) is 5.88. The number of amides is 1. The molecule has 0 bridgehead atoms. The lowest BCUT2D eigenvalue weighted by molar-refractivity contribution is -0.156. The monoisotopic (exact) mass is 317 g/mol. The molecule has 0 saturated heterocycles. The second kappa shape index (κ2) is 6.04. The molecule has 1 heterocycles. The molecule has 2 aromatic rings. The highest BCUT2D eigenvalue weighted by Gasteiger charge is 2.45. The van der Waals surface area contributed by atoms with Crippen molar-refractivity contribution in [2.45, 2.75) is 12.2 Å². The highest BCUT2D eigenvalue weighted by Crippen LogP contribution is 2.35. The van der Waals surface area contributed by atoms with E-state index in [1.165, 1.54) is 11.5 Å². The van der Waals surface area contributed by atoms with Gasteiger partial charge in [0.05, 0.1) is 11.8 Å². The number of nitrogens with one attached hydrogen (secondary N) is 1. The quantitative estimate of drug-likeness (QED) is 0.886. The minimum atomic E-state index is -5.10. The number of benzene rings is 1. The fourth-order valence-corrected chi connectivity index (χ4v) is 1.73. The van der Waals surface area contributed by atoms with Gasteiger partial charge in [0.1, 0.15) is 17.3 Å². The van der Waals surface area contributed by atoms with E-state index in [0.29, 0.717) is 12.1 Å². The van der Waals surface area contributed by atoms with Crippen molar-refractivity contribution < 1.29 is 26.7 Å². The number of carbonyl (C=O) groups is 1. The first-order chi connectivity index (χ1) is 10.3. The summed E-state index contributed by atoms with van der Waals surface area (Å²) in [7, 11) is 0. The van der Waals surface area contributed by atoms with E-state index in [1.807, 2.05) is 0 Å². The summed E-state index contributed by atoms with van der Waals surface area (Å²) < 4.78 is 66.3. The summed E-state index contributed by atoms with van der Waals surface area (Å²) in [5.74, 6) is -4.08. The summed E-state index contributed by atoms with van der Waals surface area (Å²) in [5.41, 5.74) is -1.69. The van der Waals surface area contributed by atoms with Gasteiger partial charge in [0, 0.05) is 12.4 Å². The standard InChI is InChI=1S/C13H8F5N3O/c14-7-2-1-3-8(15)10(7)11(13(16,17)18)21-12(22)9-6-19-4-5-20-9/h1-6,11H,(H,21,22)/t11-/m0/s1. The van der Waals surface area contributed by atoms with Crippen molar-refractivity contribution in [1.82, 2.24) is 15.3 Å². The predicted octanol–water partition coefficient (Wildman–Crippen LogP) is 2.79. The fraction of sp³-hybridized carbons (Fsp3) is 0.154. The molecule has 2 rings (SSSR count). The SMILES string of the molecule is O=C(N[C@@H](c1c(F)cccc1F)C(F)(F)F)c1cnccn1. The van der Waals surface area contributed by atoms with Gasteiger partial charge in [-0.1, -0.05) is 6.07 Å². The van der Waals surface area contributed by atoms with Gasteiger partial charge in [0.2, 0.25) is 0 Å². The van der Waals surface area contributed by atoms with Crippen LogP contribution < -0.4 is 5.32 Å². The molecule has 0 spiro atoms. The number of alkyl halides is 3. The number of nitrogens with zero attached hydrogens (tertiary/aromatic N) is 2. The Balaban J connectivity index is 2.39. The number of rotatable bonds is 3. The highest BCUT2D eigenvalue weighted by atomic mass is 19.4. The van der Waals surface area contributed by atoms with E-state index in [4.69, 9.17) is 0 Å². The Morgan fingerprint density at radius 1 is 1.14 bits per heavy atom. The zero-order chi connectivity index (χ0) is 16.3. The van der Waals surface area contributed by atoms with Crippen LogP contribution in [0.3, 0.4) is 0 Å². The minimum absolute atomic E-state index is 0.409. The summed E-state index contributed by atoms with van der Waals surface area (Å²) >= 11 is 0.